The van der Waals surface area contributed by atoms with E-state index in [9.17, 15) is 13.6 Å². The topological polar surface area (TPSA) is 127 Å². The molecule has 1 aliphatic rings. The molecular weight excluding hydrogens is 396 g/mol. The van der Waals surface area contributed by atoms with Crippen molar-refractivity contribution in [2.24, 2.45) is 10.7 Å². The summed E-state index contributed by atoms with van der Waals surface area (Å²) in [6, 6.07) is 7.92. The highest BCUT2D eigenvalue weighted by Gasteiger charge is 2.50. The summed E-state index contributed by atoms with van der Waals surface area (Å²) in [5.41, 5.74) is 6.90. The number of aliphatic hydroxyl groups excluding tert-OH is 1. The molecule has 3 rings (SSSR count). The zero-order chi connectivity index (χ0) is 21.7. The number of nitrogens with zero attached hydrogens (tertiary/aromatic N) is 3. The number of rotatable bonds is 9. The zero-order valence-electron chi connectivity index (χ0n) is 16.4. The standard InChI is InChI=1S/C20H23F2N5O3/c1-12-4-2-3-5-13(12)20(6-7-20)19-26-18(30-27-19)14(23)10-15(17(21)22)25-11-16(29)24-8-9-28/h2-5,10,17,28H,6-9,11,23H2,1H3,(H,24,29)/b14-10-,25-15?. The van der Waals surface area contributed by atoms with Gasteiger partial charge in [0.2, 0.25) is 5.91 Å². The number of carbonyl (C=O) groups is 1. The minimum Gasteiger partial charge on any atom is -0.395 e. The number of aliphatic hydroxyl groups is 1. The molecule has 0 bridgehead atoms. The number of amides is 1. The fraction of sp³-hybridized carbons (Fsp3) is 0.400. The molecule has 10 heteroatoms. The highest BCUT2D eigenvalue weighted by molar-refractivity contribution is 6.02. The van der Waals surface area contributed by atoms with Gasteiger partial charge in [-0.1, -0.05) is 29.4 Å². The molecule has 160 valence electrons. The van der Waals surface area contributed by atoms with Crippen LogP contribution in [0, 0.1) is 6.92 Å². The Morgan fingerprint density at radius 1 is 1.43 bits per heavy atom. The number of carbonyl (C=O) groups excluding carboxylic acids is 1. The lowest BCUT2D eigenvalue weighted by atomic mass is 9.91. The largest absolute Gasteiger partial charge is 0.395 e. The maximum atomic E-state index is 13.3. The third kappa shape index (κ3) is 4.70. The maximum absolute atomic E-state index is 13.3. The smallest absolute Gasteiger partial charge is 0.280 e. The van der Waals surface area contributed by atoms with Crippen LogP contribution in [0.5, 0.6) is 0 Å². The van der Waals surface area contributed by atoms with Crippen LogP contribution in [0.2, 0.25) is 0 Å². The van der Waals surface area contributed by atoms with E-state index in [2.05, 4.69) is 20.4 Å². The average molecular weight is 419 g/mol. The van der Waals surface area contributed by atoms with Gasteiger partial charge in [-0.3, -0.25) is 9.79 Å². The van der Waals surface area contributed by atoms with Crippen LogP contribution < -0.4 is 11.1 Å². The monoisotopic (exact) mass is 419 g/mol. The second kappa shape index (κ2) is 9.12. The maximum Gasteiger partial charge on any atom is 0.280 e. The SMILES string of the molecule is Cc1ccccc1C1(c2noc(/C(N)=C/C(=NCC(=O)NCCO)C(F)F)n2)CC1. The molecule has 1 aromatic carbocycles. The number of aryl methyl sites for hydroxylation is 1. The van der Waals surface area contributed by atoms with Gasteiger partial charge in [-0.15, -0.1) is 0 Å². The Morgan fingerprint density at radius 2 is 2.17 bits per heavy atom. The van der Waals surface area contributed by atoms with Crippen molar-refractivity contribution < 1.29 is 23.2 Å². The minimum atomic E-state index is -2.95. The number of benzene rings is 1. The van der Waals surface area contributed by atoms with E-state index in [0.29, 0.717) is 5.82 Å². The number of alkyl halides is 2. The summed E-state index contributed by atoms with van der Waals surface area (Å²) in [6.07, 6.45) is -0.312. The van der Waals surface area contributed by atoms with Crippen LogP contribution in [0.25, 0.3) is 5.70 Å². The molecule has 30 heavy (non-hydrogen) atoms. The van der Waals surface area contributed by atoms with E-state index in [1.165, 1.54) is 0 Å². The van der Waals surface area contributed by atoms with E-state index >= 15 is 0 Å². The molecule has 1 amide bonds. The van der Waals surface area contributed by atoms with Crippen molar-refractivity contribution in [2.45, 2.75) is 31.6 Å². The molecule has 8 nitrogen and oxygen atoms in total. The fourth-order valence-corrected chi connectivity index (χ4v) is 3.20. The second-order valence-corrected chi connectivity index (χ2v) is 7.04. The van der Waals surface area contributed by atoms with E-state index in [1.807, 2.05) is 31.2 Å². The highest BCUT2D eigenvalue weighted by Crippen LogP contribution is 2.53. The Balaban J connectivity index is 1.79. The van der Waals surface area contributed by atoms with Gasteiger partial charge in [0, 0.05) is 6.54 Å². The van der Waals surface area contributed by atoms with Gasteiger partial charge in [0.25, 0.3) is 12.3 Å². The number of nitrogens with two attached hydrogens (primary N) is 1. The first kappa shape index (κ1) is 21.6. The van der Waals surface area contributed by atoms with Crippen molar-refractivity contribution >= 4 is 17.3 Å². The molecule has 1 saturated carbocycles. The first-order chi connectivity index (χ1) is 14.4. The lowest BCUT2D eigenvalue weighted by Gasteiger charge is -2.13. The van der Waals surface area contributed by atoms with Gasteiger partial charge in [-0.05, 0) is 37.0 Å². The quantitative estimate of drug-likeness (QED) is 0.530. The number of aliphatic imine (C=N–C) groups is 1. The Hall–Kier alpha value is -3.14. The van der Waals surface area contributed by atoms with Gasteiger partial charge < -0.3 is 20.7 Å². The van der Waals surface area contributed by atoms with E-state index < -0.39 is 24.6 Å². The molecule has 4 N–H and O–H groups in total. The molecule has 0 radical (unpaired) electrons. The van der Waals surface area contributed by atoms with E-state index in [0.717, 1.165) is 30.0 Å². The molecule has 0 saturated heterocycles. The number of hydrogen-bond acceptors (Lipinski definition) is 7. The normalized spacial score (nSPS) is 16.0. The van der Waals surface area contributed by atoms with Crippen LogP contribution in [0.1, 0.15) is 35.7 Å². The van der Waals surface area contributed by atoms with Gasteiger partial charge in [-0.25, -0.2) is 8.78 Å². The Morgan fingerprint density at radius 3 is 2.80 bits per heavy atom. The molecule has 0 spiro atoms. The number of nitrogens with one attached hydrogen (secondary N) is 1. The number of allylic oxidation sites excluding steroid dienone is 1. The second-order valence-electron chi connectivity index (χ2n) is 7.04. The van der Waals surface area contributed by atoms with E-state index in [1.54, 1.807) is 0 Å². The molecule has 0 unspecified atom stereocenters. The van der Waals surface area contributed by atoms with Gasteiger partial charge >= 0.3 is 0 Å². The number of aromatic nitrogens is 2. The minimum absolute atomic E-state index is 0.0176. The van der Waals surface area contributed by atoms with Gasteiger partial charge in [0.15, 0.2) is 5.82 Å². The number of halogens is 2. The first-order valence-electron chi connectivity index (χ1n) is 9.45. The van der Waals surface area contributed by atoms with E-state index in [-0.39, 0.29) is 30.2 Å². The molecule has 1 aromatic heterocycles. The Kier molecular flexibility index (Phi) is 6.56. The van der Waals surface area contributed by atoms with Crippen molar-refractivity contribution in [1.82, 2.24) is 15.5 Å². The van der Waals surface area contributed by atoms with Gasteiger partial charge in [0.05, 0.1) is 17.7 Å². The van der Waals surface area contributed by atoms with Crippen molar-refractivity contribution in [3.63, 3.8) is 0 Å². The molecular formula is C20H23F2N5O3. The van der Waals surface area contributed by atoms with Crippen LogP contribution in [-0.2, 0) is 10.2 Å². The summed E-state index contributed by atoms with van der Waals surface area (Å²) in [5.74, 6) is -0.215. The van der Waals surface area contributed by atoms with Crippen LogP contribution in [0.15, 0.2) is 39.9 Å². The number of hydrogen-bond donors (Lipinski definition) is 3. The van der Waals surface area contributed by atoms with Crippen LogP contribution in [-0.4, -0.2) is 53.0 Å². The third-order valence-electron chi connectivity index (χ3n) is 4.88. The van der Waals surface area contributed by atoms with Crippen molar-refractivity contribution in [1.29, 1.82) is 0 Å². The predicted octanol–water partition coefficient (Wildman–Crippen LogP) is 1.57. The van der Waals surface area contributed by atoms with Crippen LogP contribution in [0.3, 0.4) is 0 Å². The van der Waals surface area contributed by atoms with Crippen molar-refractivity contribution in [3.8, 4) is 0 Å². The molecule has 1 aliphatic carbocycles. The zero-order valence-corrected chi connectivity index (χ0v) is 16.4. The molecule has 1 heterocycles. The predicted molar refractivity (Wildman–Crippen MR) is 106 cm³/mol. The fourth-order valence-electron chi connectivity index (χ4n) is 3.20. The highest BCUT2D eigenvalue weighted by atomic mass is 19.3. The summed E-state index contributed by atoms with van der Waals surface area (Å²) in [5, 5.41) is 15.0. The third-order valence-corrected chi connectivity index (χ3v) is 4.88. The molecule has 0 aliphatic heterocycles. The average Bonchev–Trinajstić information content (AvgIpc) is 3.37. The van der Waals surface area contributed by atoms with Gasteiger partial charge in [-0.2, -0.15) is 4.98 Å². The van der Waals surface area contributed by atoms with Gasteiger partial charge in [0.1, 0.15) is 12.3 Å². The van der Waals surface area contributed by atoms with E-state index in [4.69, 9.17) is 15.4 Å². The van der Waals surface area contributed by atoms with Crippen LogP contribution >= 0.6 is 0 Å². The Labute approximate surface area is 171 Å². The summed E-state index contributed by atoms with van der Waals surface area (Å²) >= 11 is 0. The van der Waals surface area contributed by atoms with Crippen molar-refractivity contribution in [2.75, 3.05) is 19.7 Å². The van der Waals surface area contributed by atoms with Crippen molar-refractivity contribution in [3.05, 3.63) is 53.2 Å². The summed E-state index contributed by atoms with van der Waals surface area (Å²) < 4.78 is 31.8. The van der Waals surface area contributed by atoms with Crippen LogP contribution in [0.4, 0.5) is 8.78 Å². The molecule has 1 fully saturated rings. The lowest BCUT2D eigenvalue weighted by molar-refractivity contribution is -0.119. The summed E-state index contributed by atoms with van der Waals surface area (Å²) in [4.78, 5) is 19.4. The lowest BCUT2D eigenvalue weighted by Crippen LogP contribution is -2.29. The first-order valence-corrected chi connectivity index (χ1v) is 9.45. The molecule has 2 aromatic rings. The summed E-state index contributed by atoms with van der Waals surface area (Å²) in [7, 11) is 0. The molecule has 0 atom stereocenters. The summed E-state index contributed by atoms with van der Waals surface area (Å²) in [6.45, 7) is 1.25. The Bertz CT molecular complexity index is 967.